The zero-order valence-electron chi connectivity index (χ0n) is 17.1. The van der Waals surface area contributed by atoms with Gasteiger partial charge >= 0.3 is 0 Å². The van der Waals surface area contributed by atoms with Gasteiger partial charge in [0, 0.05) is 40.3 Å². The Balaban J connectivity index is 1.69. The molecule has 0 radical (unpaired) electrons. The lowest BCUT2D eigenvalue weighted by Gasteiger charge is -2.36. The molecule has 1 fully saturated rings. The van der Waals surface area contributed by atoms with E-state index in [9.17, 15) is 8.42 Å². The van der Waals surface area contributed by atoms with Crippen LogP contribution in [0.3, 0.4) is 0 Å². The second kappa shape index (κ2) is 8.47. The highest BCUT2D eigenvalue weighted by Gasteiger charge is 2.31. The summed E-state index contributed by atoms with van der Waals surface area (Å²) in [5, 5.41) is 0. The number of hydrogen-bond acceptors (Lipinski definition) is 9. The maximum absolute atomic E-state index is 12.9. The summed E-state index contributed by atoms with van der Waals surface area (Å²) >= 11 is 0. The molecule has 1 aromatic heterocycles. The SMILES string of the molecule is COc1ccc(S(=O)(=O)N2CCN(C(C)c3nc(N)nc(N(C)C)n3)CC2)cc1. The lowest BCUT2D eigenvalue weighted by Crippen LogP contribution is -2.49. The molecule has 2 N–H and O–H groups in total. The fourth-order valence-corrected chi connectivity index (χ4v) is 4.60. The molecule has 10 nitrogen and oxygen atoms in total. The number of nitrogen functional groups attached to an aromatic ring is 1. The van der Waals surface area contributed by atoms with Crippen LogP contribution in [0.1, 0.15) is 18.8 Å². The highest BCUT2D eigenvalue weighted by atomic mass is 32.2. The molecule has 1 atom stereocenters. The van der Waals surface area contributed by atoms with Crippen LogP contribution < -0.4 is 15.4 Å². The summed E-state index contributed by atoms with van der Waals surface area (Å²) in [6.45, 7) is 3.90. The molecule has 3 rings (SSSR count). The molecule has 1 aliphatic rings. The minimum Gasteiger partial charge on any atom is -0.497 e. The Morgan fingerprint density at radius 3 is 2.24 bits per heavy atom. The molecule has 1 unspecified atom stereocenters. The predicted octanol–water partition coefficient (Wildman–Crippen LogP) is 0.596. The van der Waals surface area contributed by atoms with E-state index >= 15 is 0 Å². The van der Waals surface area contributed by atoms with E-state index in [1.54, 1.807) is 36.3 Å². The Kier molecular flexibility index (Phi) is 6.20. The van der Waals surface area contributed by atoms with E-state index in [0.29, 0.717) is 43.7 Å². The van der Waals surface area contributed by atoms with E-state index in [-0.39, 0.29) is 16.9 Å². The first-order chi connectivity index (χ1) is 13.7. The predicted molar refractivity (Wildman–Crippen MR) is 110 cm³/mol. The number of anilines is 2. The summed E-state index contributed by atoms with van der Waals surface area (Å²) in [5.41, 5.74) is 5.82. The largest absolute Gasteiger partial charge is 0.497 e. The van der Waals surface area contributed by atoms with Gasteiger partial charge in [0.05, 0.1) is 18.0 Å². The van der Waals surface area contributed by atoms with E-state index in [2.05, 4.69) is 19.9 Å². The number of nitrogens with zero attached hydrogens (tertiary/aromatic N) is 6. The monoisotopic (exact) mass is 421 g/mol. The number of hydrogen-bond donors (Lipinski definition) is 1. The number of piperazine rings is 1. The molecule has 0 saturated carbocycles. The fourth-order valence-electron chi connectivity index (χ4n) is 3.18. The molecule has 29 heavy (non-hydrogen) atoms. The smallest absolute Gasteiger partial charge is 0.243 e. The zero-order chi connectivity index (χ0) is 21.2. The van der Waals surface area contributed by atoms with Gasteiger partial charge in [-0.3, -0.25) is 4.90 Å². The minimum atomic E-state index is -3.54. The summed E-state index contributed by atoms with van der Waals surface area (Å²) in [6.07, 6.45) is 0. The average molecular weight is 422 g/mol. The summed E-state index contributed by atoms with van der Waals surface area (Å²) < 4.78 is 32.4. The van der Waals surface area contributed by atoms with Gasteiger partial charge in [-0.2, -0.15) is 19.3 Å². The third-order valence-corrected chi connectivity index (χ3v) is 6.86. The van der Waals surface area contributed by atoms with Gasteiger partial charge in [-0.15, -0.1) is 0 Å². The Morgan fingerprint density at radius 1 is 1.07 bits per heavy atom. The molecule has 1 aromatic carbocycles. The average Bonchev–Trinajstić information content (AvgIpc) is 2.72. The van der Waals surface area contributed by atoms with E-state index in [1.165, 1.54) is 4.31 Å². The maximum Gasteiger partial charge on any atom is 0.243 e. The topological polar surface area (TPSA) is 118 Å². The van der Waals surface area contributed by atoms with E-state index in [1.807, 2.05) is 21.0 Å². The molecular formula is C18H27N7O3S. The molecule has 0 aliphatic carbocycles. The van der Waals surface area contributed by atoms with Crippen molar-refractivity contribution in [2.24, 2.45) is 0 Å². The van der Waals surface area contributed by atoms with Crippen LogP contribution in [0.2, 0.25) is 0 Å². The molecule has 11 heteroatoms. The van der Waals surface area contributed by atoms with Crippen molar-refractivity contribution < 1.29 is 13.2 Å². The van der Waals surface area contributed by atoms with Crippen LogP contribution in [0.4, 0.5) is 11.9 Å². The highest BCUT2D eigenvalue weighted by Crippen LogP contribution is 2.24. The van der Waals surface area contributed by atoms with Crippen molar-refractivity contribution in [3.63, 3.8) is 0 Å². The number of benzene rings is 1. The Morgan fingerprint density at radius 2 is 1.69 bits per heavy atom. The number of nitrogens with two attached hydrogens (primary N) is 1. The third kappa shape index (κ3) is 4.57. The molecule has 0 amide bonds. The van der Waals surface area contributed by atoms with Gasteiger partial charge < -0.3 is 15.4 Å². The standard InChI is InChI=1S/C18H27N7O3S/c1-13(16-20-17(19)22-18(21-16)23(2)3)24-9-11-25(12-10-24)29(26,27)15-7-5-14(28-4)6-8-15/h5-8,13H,9-12H2,1-4H3,(H2,19,20,21,22). The number of rotatable bonds is 6. The van der Waals surface area contributed by atoms with Gasteiger partial charge in [-0.05, 0) is 31.2 Å². The zero-order valence-corrected chi connectivity index (χ0v) is 17.9. The first-order valence-electron chi connectivity index (χ1n) is 9.29. The number of aromatic nitrogens is 3. The maximum atomic E-state index is 12.9. The van der Waals surface area contributed by atoms with Crippen LogP contribution in [0.25, 0.3) is 0 Å². The van der Waals surface area contributed by atoms with Crippen molar-refractivity contribution in [3.05, 3.63) is 30.1 Å². The number of methoxy groups -OCH3 is 1. The molecule has 0 spiro atoms. The quantitative estimate of drug-likeness (QED) is 0.715. The molecule has 1 saturated heterocycles. The van der Waals surface area contributed by atoms with Crippen LogP contribution in [0.5, 0.6) is 5.75 Å². The molecule has 1 aliphatic heterocycles. The van der Waals surface area contributed by atoms with E-state index in [4.69, 9.17) is 10.5 Å². The van der Waals surface area contributed by atoms with E-state index in [0.717, 1.165) is 0 Å². The molecular weight excluding hydrogens is 394 g/mol. The second-order valence-corrected chi connectivity index (χ2v) is 8.98. The Hall–Kier alpha value is -2.50. The van der Waals surface area contributed by atoms with Crippen LogP contribution >= 0.6 is 0 Å². The normalized spacial score (nSPS) is 17.1. The van der Waals surface area contributed by atoms with Gasteiger partial charge in [-0.25, -0.2) is 8.42 Å². The number of sulfonamides is 1. The van der Waals surface area contributed by atoms with Gasteiger partial charge in [0.25, 0.3) is 0 Å². The van der Waals surface area contributed by atoms with Crippen molar-refractivity contribution in [2.45, 2.75) is 17.9 Å². The summed E-state index contributed by atoms with van der Waals surface area (Å²) in [6, 6.07) is 6.33. The van der Waals surface area contributed by atoms with Crippen LogP contribution in [-0.4, -0.2) is 80.0 Å². The van der Waals surface area contributed by atoms with Gasteiger partial charge in [-0.1, -0.05) is 0 Å². The first-order valence-corrected chi connectivity index (χ1v) is 10.7. The molecule has 158 valence electrons. The summed E-state index contributed by atoms with van der Waals surface area (Å²) in [4.78, 5) is 17.0. The number of ether oxygens (including phenoxy) is 1. The Labute approximate surface area is 171 Å². The van der Waals surface area contributed by atoms with Crippen LogP contribution in [0, 0.1) is 0 Å². The minimum absolute atomic E-state index is 0.107. The molecule has 0 bridgehead atoms. The third-order valence-electron chi connectivity index (χ3n) is 4.95. The lowest BCUT2D eigenvalue weighted by atomic mass is 10.2. The summed E-state index contributed by atoms with van der Waals surface area (Å²) in [7, 11) is 1.68. The van der Waals surface area contributed by atoms with Crippen molar-refractivity contribution in [1.29, 1.82) is 0 Å². The van der Waals surface area contributed by atoms with Gasteiger partial charge in [0.1, 0.15) is 5.75 Å². The van der Waals surface area contributed by atoms with Crippen molar-refractivity contribution in [2.75, 3.05) is 58.0 Å². The van der Waals surface area contributed by atoms with Crippen molar-refractivity contribution >= 4 is 21.9 Å². The molecule has 2 heterocycles. The van der Waals surface area contributed by atoms with Crippen LogP contribution in [-0.2, 0) is 10.0 Å². The lowest BCUT2D eigenvalue weighted by molar-refractivity contribution is 0.141. The van der Waals surface area contributed by atoms with Crippen LogP contribution in [0.15, 0.2) is 29.2 Å². The Bertz CT molecular complexity index is 942. The van der Waals surface area contributed by atoms with Gasteiger partial charge in [0.15, 0.2) is 5.82 Å². The second-order valence-electron chi connectivity index (χ2n) is 7.04. The first kappa shape index (κ1) is 21.2. The van der Waals surface area contributed by atoms with E-state index < -0.39 is 10.0 Å². The highest BCUT2D eigenvalue weighted by molar-refractivity contribution is 7.89. The fraction of sp³-hybridized carbons (Fsp3) is 0.500. The van der Waals surface area contributed by atoms with Crippen molar-refractivity contribution in [3.8, 4) is 5.75 Å². The molecule has 2 aromatic rings. The van der Waals surface area contributed by atoms with Crippen molar-refractivity contribution in [1.82, 2.24) is 24.2 Å². The van der Waals surface area contributed by atoms with Gasteiger partial charge in [0.2, 0.25) is 21.9 Å². The summed E-state index contributed by atoms with van der Waals surface area (Å²) in [5.74, 6) is 1.87.